The van der Waals surface area contributed by atoms with Crippen molar-refractivity contribution in [2.45, 2.75) is 12.8 Å². The van der Waals surface area contributed by atoms with Gasteiger partial charge in [-0.3, -0.25) is 9.98 Å². The molecule has 0 radical (unpaired) electrons. The van der Waals surface area contributed by atoms with Crippen molar-refractivity contribution in [2.75, 3.05) is 13.1 Å². The number of hydrogen-bond donors (Lipinski definition) is 0. The highest BCUT2D eigenvalue weighted by Gasteiger charge is 1.88. The zero-order chi connectivity index (χ0) is 9.40. The Balaban J connectivity index is 3.23. The van der Waals surface area contributed by atoms with Crippen molar-refractivity contribution < 1.29 is 0 Å². The highest BCUT2D eigenvalue weighted by Crippen LogP contribution is 1.98. The van der Waals surface area contributed by atoms with Crippen LogP contribution < -0.4 is 0 Å². The molecule has 0 aliphatic carbocycles. The van der Waals surface area contributed by atoms with Gasteiger partial charge in [-0.05, 0) is 59.2 Å². The van der Waals surface area contributed by atoms with Gasteiger partial charge in [0.15, 0.2) is 9.26 Å². The van der Waals surface area contributed by atoms with E-state index in [4.69, 9.17) is 46.4 Å². The van der Waals surface area contributed by atoms with Crippen LogP contribution in [0.15, 0.2) is 9.98 Å². The van der Waals surface area contributed by atoms with Gasteiger partial charge in [0.1, 0.15) is 0 Å². The third kappa shape index (κ3) is 10.5. The molecule has 0 atom stereocenters. The largest absolute Gasteiger partial charge is 0.263 e. The molecule has 0 unspecified atom stereocenters. The van der Waals surface area contributed by atoms with Crippen LogP contribution in [-0.2, 0) is 0 Å². The molecule has 0 bridgehead atoms. The minimum Gasteiger partial charge on any atom is -0.263 e. The fourth-order valence-corrected chi connectivity index (χ4v) is 0.889. The smallest absolute Gasteiger partial charge is 0.191 e. The Labute approximate surface area is 91.6 Å². The molecule has 0 N–H and O–H groups in total. The lowest BCUT2D eigenvalue weighted by Gasteiger charge is -1.92. The number of aliphatic imine (C=N–C) groups is 2. The summed E-state index contributed by atoms with van der Waals surface area (Å²) in [5, 5.41) is 0. The predicted molar refractivity (Wildman–Crippen MR) is 57.3 cm³/mol. The lowest BCUT2D eigenvalue weighted by molar-refractivity contribution is 0.760. The molecule has 2 nitrogen and oxygen atoms in total. The molecular weight excluding hydrogens is 242 g/mol. The summed E-state index contributed by atoms with van der Waals surface area (Å²) >= 11 is 21.1. The summed E-state index contributed by atoms with van der Waals surface area (Å²) in [5.41, 5.74) is 0. The zero-order valence-electron chi connectivity index (χ0n) is 6.23. The second-order valence-corrected chi connectivity index (χ2v) is 3.77. The van der Waals surface area contributed by atoms with Gasteiger partial charge in [0.05, 0.1) is 0 Å². The molecule has 0 heterocycles. The van der Waals surface area contributed by atoms with Crippen molar-refractivity contribution in [1.82, 2.24) is 0 Å². The lowest BCUT2D eigenvalue weighted by Crippen LogP contribution is -1.87. The van der Waals surface area contributed by atoms with E-state index < -0.39 is 0 Å². The van der Waals surface area contributed by atoms with Crippen molar-refractivity contribution >= 4 is 55.7 Å². The first-order chi connectivity index (χ1) is 5.63. The number of halogens is 4. The molecular formula is C6H8Cl4N2. The van der Waals surface area contributed by atoms with E-state index in [-0.39, 0.29) is 9.26 Å². The maximum atomic E-state index is 5.29. The van der Waals surface area contributed by atoms with E-state index in [0.717, 1.165) is 12.8 Å². The Morgan fingerprint density at radius 2 is 1.08 bits per heavy atom. The van der Waals surface area contributed by atoms with E-state index >= 15 is 0 Å². The standard InChI is InChI=1S/C6H8Cl4N2/c7-5(8)11-3-1-2-4-12-6(9)10/h1-4H2. The molecule has 0 aliphatic heterocycles. The Bertz CT molecular complexity index is 150. The SMILES string of the molecule is ClC(Cl)=NCCCCN=C(Cl)Cl. The van der Waals surface area contributed by atoms with E-state index in [1.165, 1.54) is 0 Å². The van der Waals surface area contributed by atoms with Gasteiger partial charge in [-0.15, -0.1) is 0 Å². The molecule has 0 rings (SSSR count). The first-order valence-electron chi connectivity index (χ1n) is 3.34. The Kier molecular flexibility index (Phi) is 8.45. The number of unbranched alkanes of at least 4 members (excludes halogenated alkanes) is 1. The molecule has 70 valence electrons. The van der Waals surface area contributed by atoms with Crippen molar-refractivity contribution in [3.05, 3.63) is 0 Å². The summed E-state index contributed by atoms with van der Waals surface area (Å²) < 4.78 is 0.128. The van der Waals surface area contributed by atoms with E-state index in [0.29, 0.717) is 13.1 Å². The normalized spacial score (nSPS) is 9.33. The van der Waals surface area contributed by atoms with E-state index in [2.05, 4.69) is 9.98 Å². The molecule has 12 heavy (non-hydrogen) atoms. The fraction of sp³-hybridized carbons (Fsp3) is 0.667. The molecule has 0 aliphatic rings. The van der Waals surface area contributed by atoms with E-state index in [1.54, 1.807) is 0 Å². The molecule has 0 saturated carbocycles. The Hall–Kier alpha value is 0.500. The zero-order valence-corrected chi connectivity index (χ0v) is 9.26. The van der Waals surface area contributed by atoms with Crippen molar-refractivity contribution in [3.63, 3.8) is 0 Å². The number of rotatable bonds is 5. The third-order valence-corrected chi connectivity index (χ3v) is 1.51. The fourth-order valence-electron chi connectivity index (χ4n) is 0.551. The topological polar surface area (TPSA) is 24.7 Å². The first kappa shape index (κ1) is 12.5. The second kappa shape index (κ2) is 8.11. The van der Waals surface area contributed by atoms with Crippen molar-refractivity contribution in [3.8, 4) is 0 Å². The average molecular weight is 250 g/mol. The molecule has 0 fully saturated rings. The predicted octanol–water partition coefficient (Wildman–Crippen LogP) is 3.43. The van der Waals surface area contributed by atoms with Crippen LogP contribution in [-0.4, -0.2) is 22.3 Å². The second-order valence-electron chi connectivity index (χ2n) is 1.95. The van der Waals surface area contributed by atoms with Crippen LogP contribution in [0, 0.1) is 0 Å². The van der Waals surface area contributed by atoms with Crippen LogP contribution >= 0.6 is 46.4 Å². The Morgan fingerprint density at radius 1 is 0.750 bits per heavy atom. The Morgan fingerprint density at radius 3 is 1.33 bits per heavy atom. The maximum absolute atomic E-state index is 5.29. The molecule has 0 aromatic heterocycles. The monoisotopic (exact) mass is 248 g/mol. The minimum absolute atomic E-state index is 0.0638. The van der Waals surface area contributed by atoms with Gasteiger partial charge in [-0.2, -0.15) is 0 Å². The number of nitrogens with zero attached hydrogens (tertiary/aromatic N) is 2. The molecule has 0 aromatic carbocycles. The molecule has 6 heteroatoms. The minimum atomic E-state index is 0.0638. The van der Waals surface area contributed by atoms with Crippen LogP contribution in [0.1, 0.15) is 12.8 Å². The van der Waals surface area contributed by atoms with Crippen LogP contribution in [0.3, 0.4) is 0 Å². The number of hydrogen-bond acceptors (Lipinski definition) is 2. The maximum Gasteiger partial charge on any atom is 0.191 e. The van der Waals surface area contributed by atoms with E-state index in [9.17, 15) is 0 Å². The van der Waals surface area contributed by atoms with Gasteiger partial charge in [-0.25, -0.2) is 0 Å². The first-order valence-corrected chi connectivity index (χ1v) is 4.85. The van der Waals surface area contributed by atoms with Gasteiger partial charge in [0.2, 0.25) is 0 Å². The van der Waals surface area contributed by atoms with Gasteiger partial charge in [0, 0.05) is 13.1 Å². The van der Waals surface area contributed by atoms with Crippen LogP contribution in [0.5, 0.6) is 0 Å². The van der Waals surface area contributed by atoms with Gasteiger partial charge in [0.25, 0.3) is 0 Å². The van der Waals surface area contributed by atoms with Gasteiger partial charge < -0.3 is 0 Å². The molecule has 0 saturated heterocycles. The highest BCUT2D eigenvalue weighted by atomic mass is 35.5. The van der Waals surface area contributed by atoms with Crippen LogP contribution in [0.4, 0.5) is 0 Å². The van der Waals surface area contributed by atoms with Gasteiger partial charge in [-0.1, -0.05) is 0 Å². The molecule has 0 amide bonds. The lowest BCUT2D eigenvalue weighted by atomic mass is 10.3. The highest BCUT2D eigenvalue weighted by molar-refractivity contribution is 6.95. The summed E-state index contributed by atoms with van der Waals surface area (Å²) in [6.45, 7) is 1.22. The van der Waals surface area contributed by atoms with Crippen molar-refractivity contribution in [2.24, 2.45) is 9.98 Å². The van der Waals surface area contributed by atoms with Crippen LogP contribution in [0.25, 0.3) is 0 Å². The van der Waals surface area contributed by atoms with Gasteiger partial charge >= 0.3 is 0 Å². The van der Waals surface area contributed by atoms with Crippen molar-refractivity contribution in [1.29, 1.82) is 0 Å². The molecule has 0 spiro atoms. The summed E-state index contributed by atoms with van der Waals surface area (Å²) in [6.07, 6.45) is 1.74. The summed E-state index contributed by atoms with van der Waals surface area (Å²) in [5.74, 6) is 0. The van der Waals surface area contributed by atoms with E-state index in [1.807, 2.05) is 0 Å². The summed E-state index contributed by atoms with van der Waals surface area (Å²) in [4.78, 5) is 7.55. The molecule has 0 aromatic rings. The third-order valence-electron chi connectivity index (χ3n) is 1.03. The summed E-state index contributed by atoms with van der Waals surface area (Å²) in [6, 6.07) is 0. The average Bonchev–Trinajstić information content (AvgIpc) is 1.95. The quantitative estimate of drug-likeness (QED) is 0.527. The van der Waals surface area contributed by atoms with Crippen LogP contribution in [0.2, 0.25) is 0 Å². The summed E-state index contributed by atoms with van der Waals surface area (Å²) in [7, 11) is 0.